The van der Waals surface area contributed by atoms with Crippen molar-refractivity contribution in [1.29, 1.82) is 0 Å². The highest BCUT2D eigenvalue weighted by Crippen LogP contribution is 2.23. The predicted molar refractivity (Wildman–Crippen MR) is 91.0 cm³/mol. The molecule has 9 heteroatoms. The lowest BCUT2D eigenvalue weighted by atomic mass is 10.1. The zero-order chi connectivity index (χ0) is 17.3. The fourth-order valence-electron chi connectivity index (χ4n) is 2.85. The Kier molecular flexibility index (Phi) is 4.62. The van der Waals surface area contributed by atoms with Gasteiger partial charge in [0.25, 0.3) is 5.91 Å². The number of likely N-dealkylation sites (tertiary alicyclic amines) is 1. The quantitative estimate of drug-likeness (QED) is 0.851. The van der Waals surface area contributed by atoms with Crippen molar-refractivity contribution in [3.05, 3.63) is 41.0 Å². The highest BCUT2D eigenvalue weighted by Gasteiger charge is 2.30. The summed E-state index contributed by atoms with van der Waals surface area (Å²) in [6.07, 6.45) is 0.625. The van der Waals surface area contributed by atoms with E-state index in [1.165, 1.54) is 0 Å². The molecule has 1 aliphatic rings. The number of H-pyrrole nitrogens is 1. The number of primary sulfonamides is 1. The SMILES string of the molecule is NS(=O)(=O)CC1CCN(C(=O)c2cc(-c3ccc(Cl)cc3)n[nH]2)C1. The molecule has 1 aliphatic heterocycles. The van der Waals surface area contributed by atoms with Gasteiger partial charge in [0.05, 0.1) is 11.4 Å². The molecule has 24 heavy (non-hydrogen) atoms. The summed E-state index contributed by atoms with van der Waals surface area (Å²) in [5.74, 6) is -0.419. The Bertz CT molecular complexity index is 848. The van der Waals surface area contributed by atoms with Crippen LogP contribution in [0.25, 0.3) is 11.3 Å². The molecular weight excluding hydrogens is 352 g/mol. The molecule has 1 atom stereocenters. The van der Waals surface area contributed by atoms with E-state index in [9.17, 15) is 13.2 Å². The monoisotopic (exact) mass is 368 g/mol. The standard InChI is InChI=1S/C15H17ClN4O3S/c16-12-3-1-11(2-4-12)13-7-14(19-18-13)15(21)20-6-5-10(8-20)9-24(17,22)23/h1-4,7,10H,5-6,8-9H2,(H,18,19)(H2,17,22,23). The van der Waals surface area contributed by atoms with E-state index in [1.54, 1.807) is 23.1 Å². The summed E-state index contributed by atoms with van der Waals surface area (Å²) < 4.78 is 22.3. The van der Waals surface area contributed by atoms with Crippen molar-refractivity contribution in [1.82, 2.24) is 15.1 Å². The maximum Gasteiger partial charge on any atom is 0.271 e. The van der Waals surface area contributed by atoms with Crippen LogP contribution in [-0.4, -0.2) is 48.3 Å². The molecule has 0 saturated carbocycles. The van der Waals surface area contributed by atoms with Crippen LogP contribution in [-0.2, 0) is 10.0 Å². The molecule has 3 N–H and O–H groups in total. The molecule has 7 nitrogen and oxygen atoms in total. The molecule has 2 aromatic rings. The van der Waals surface area contributed by atoms with Gasteiger partial charge in [-0.15, -0.1) is 0 Å². The number of nitrogens with two attached hydrogens (primary N) is 1. The minimum atomic E-state index is -3.53. The number of benzene rings is 1. The number of hydrogen-bond donors (Lipinski definition) is 2. The first-order chi connectivity index (χ1) is 11.3. The van der Waals surface area contributed by atoms with Crippen LogP contribution in [0.1, 0.15) is 16.9 Å². The molecule has 128 valence electrons. The van der Waals surface area contributed by atoms with Gasteiger partial charge in [0.1, 0.15) is 5.69 Å². The zero-order valence-corrected chi connectivity index (χ0v) is 14.3. The molecule has 0 spiro atoms. The number of carbonyl (C=O) groups excluding carboxylic acids is 1. The van der Waals surface area contributed by atoms with Crippen LogP contribution in [0.3, 0.4) is 0 Å². The number of nitrogens with zero attached hydrogens (tertiary/aromatic N) is 2. The molecule has 1 aromatic carbocycles. The van der Waals surface area contributed by atoms with Gasteiger partial charge in [-0.25, -0.2) is 13.6 Å². The highest BCUT2D eigenvalue weighted by molar-refractivity contribution is 7.89. The van der Waals surface area contributed by atoms with Gasteiger partial charge < -0.3 is 4.90 Å². The Balaban J connectivity index is 1.69. The van der Waals surface area contributed by atoms with Crippen LogP contribution in [0.15, 0.2) is 30.3 Å². The maximum atomic E-state index is 12.5. The maximum absolute atomic E-state index is 12.5. The van der Waals surface area contributed by atoms with Crippen molar-refractivity contribution in [2.75, 3.05) is 18.8 Å². The summed E-state index contributed by atoms with van der Waals surface area (Å²) in [5, 5.41) is 12.6. The fraction of sp³-hybridized carbons (Fsp3) is 0.333. The van der Waals surface area contributed by atoms with E-state index >= 15 is 0 Å². The van der Waals surface area contributed by atoms with E-state index in [4.69, 9.17) is 16.7 Å². The summed E-state index contributed by atoms with van der Waals surface area (Å²) in [5.41, 5.74) is 1.87. The van der Waals surface area contributed by atoms with E-state index in [-0.39, 0.29) is 17.6 Å². The topological polar surface area (TPSA) is 109 Å². The lowest BCUT2D eigenvalue weighted by Crippen LogP contribution is -2.31. The van der Waals surface area contributed by atoms with Crippen LogP contribution in [0, 0.1) is 5.92 Å². The van der Waals surface area contributed by atoms with E-state index < -0.39 is 10.0 Å². The second-order valence-electron chi connectivity index (χ2n) is 5.91. The van der Waals surface area contributed by atoms with E-state index in [0.717, 1.165) is 5.56 Å². The Morgan fingerprint density at radius 1 is 1.38 bits per heavy atom. The Morgan fingerprint density at radius 3 is 2.75 bits per heavy atom. The molecule has 1 amide bonds. The van der Waals surface area contributed by atoms with Gasteiger partial charge in [-0.3, -0.25) is 9.89 Å². The van der Waals surface area contributed by atoms with Gasteiger partial charge in [0, 0.05) is 23.7 Å². The molecule has 0 aliphatic carbocycles. The molecule has 1 aromatic heterocycles. The number of halogens is 1. The number of aromatic nitrogens is 2. The Morgan fingerprint density at radius 2 is 2.08 bits per heavy atom. The minimum absolute atomic E-state index is 0.101. The molecule has 0 radical (unpaired) electrons. The molecule has 1 saturated heterocycles. The molecule has 0 bridgehead atoms. The normalized spacial score (nSPS) is 18.1. The van der Waals surface area contributed by atoms with Crippen LogP contribution in [0.2, 0.25) is 5.02 Å². The second kappa shape index (κ2) is 6.54. The number of rotatable bonds is 4. The van der Waals surface area contributed by atoms with E-state index in [2.05, 4.69) is 10.2 Å². The van der Waals surface area contributed by atoms with Gasteiger partial charge in [-0.1, -0.05) is 23.7 Å². The van der Waals surface area contributed by atoms with Gasteiger partial charge in [-0.05, 0) is 30.5 Å². The molecule has 1 unspecified atom stereocenters. The number of hydrogen-bond acceptors (Lipinski definition) is 4. The van der Waals surface area contributed by atoms with Crippen molar-refractivity contribution in [2.45, 2.75) is 6.42 Å². The average Bonchev–Trinajstić information content (AvgIpc) is 3.15. The number of nitrogens with one attached hydrogen (secondary N) is 1. The molecule has 2 heterocycles. The molecule has 3 rings (SSSR count). The number of carbonyl (C=O) groups is 1. The van der Waals surface area contributed by atoms with Crippen molar-refractivity contribution < 1.29 is 13.2 Å². The first kappa shape index (κ1) is 16.9. The lowest BCUT2D eigenvalue weighted by molar-refractivity contribution is 0.0782. The molecular formula is C15H17ClN4O3S. The van der Waals surface area contributed by atoms with E-state index in [0.29, 0.717) is 35.9 Å². The van der Waals surface area contributed by atoms with Gasteiger partial charge in [-0.2, -0.15) is 5.10 Å². The van der Waals surface area contributed by atoms with Gasteiger partial charge >= 0.3 is 0 Å². The third-order valence-corrected chi connectivity index (χ3v) is 5.18. The fourth-order valence-corrected chi connectivity index (χ4v) is 3.91. The summed E-state index contributed by atoms with van der Waals surface area (Å²) >= 11 is 5.86. The summed E-state index contributed by atoms with van der Waals surface area (Å²) in [6.45, 7) is 0.888. The largest absolute Gasteiger partial charge is 0.337 e. The van der Waals surface area contributed by atoms with Crippen molar-refractivity contribution in [3.8, 4) is 11.3 Å². The van der Waals surface area contributed by atoms with Crippen LogP contribution in [0.4, 0.5) is 0 Å². The zero-order valence-electron chi connectivity index (χ0n) is 12.8. The van der Waals surface area contributed by atoms with Gasteiger partial charge in [0.15, 0.2) is 0 Å². The van der Waals surface area contributed by atoms with Crippen LogP contribution >= 0.6 is 11.6 Å². The average molecular weight is 369 g/mol. The highest BCUT2D eigenvalue weighted by atomic mass is 35.5. The third kappa shape index (κ3) is 3.95. The summed E-state index contributed by atoms with van der Waals surface area (Å²) in [7, 11) is -3.53. The second-order valence-corrected chi connectivity index (χ2v) is 8.00. The van der Waals surface area contributed by atoms with E-state index in [1.807, 2.05) is 12.1 Å². The Labute approximate surface area is 144 Å². The summed E-state index contributed by atoms with van der Waals surface area (Å²) in [6, 6.07) is 8.84. The smallest absolute Gasteiger partial charge is 0.271 e. The number of sulfonamides is 1. The Hall–Kier alpha value is -1.90. The van der Waals surface area contributed by atoms with Crippen LogP contribution < -0.4 is 5.14 Å². The molecule has 1 fully saturated rings. The van der Waals surface area contributed by atoms with Gasteiger partial charge in [0.2, 0.25) is 10.0 Å². The number of amides is 1. The van der Waals surface area contributed by atoms with Crippen molar-refractivity contribution in [3.63, 3.8) is 0 Å². The first-order valence-corrected chi connectivity index (χ1v) is 9.52. The van der Waals surface area contributed by atoms with Crippen molar-refractivity contribution in [2.24, 2.45) is 11.1 Å². The van der Waals surface area contributed by atoms with Crippen molar-refractivity contribution >= 4 is 27.5 Å². The first-order valence-electron chi connectivity index (χ1n) is 7.43. The third-order valence-electron chi connectivity index (χ3n) is 3.99. The lowest BCUT2D eigenvalue weighted by Gasteiger charge is -2.14. The van der Waals surface area contributed by atoms with Crippen LogP contribution in [0.5, 0.6) is 0 Å². The minimum Gasteiger partial charge on any atom is -0.337 e. The predicted octanol–water partition coefficient (Wildman–Crippen LogP) is 1.48. The summed E-state index contributed by atoms with van der Waals surface area (Å²) in [4.78, 5) is 14.1. The number of aromatic amines is 1.